The number of carbonyl (C=O) groups is 1. The first kappa shape index (κ1) is 27.6. The van der Waals surface area contributed by atoms with Crippen molar-refractivity contribution in [2.45, 2.75) is 26.9 Å². The maximum atomic E-state index is 12.6. The van der Waals surface area contributed by atoms with E-state index in [4.69, 9.17) is 30.5 Å². The second kappa shape index (κ2) is 13.9. The van der Waals surface area contributed by atoms with Crippen LogP contribution >= 0.6 is 34.2 Å². The molecule has 0 aliphatic rings. The zero-order valence-corrected chi connectivity index (χ0v) is 23.3. The summed E-state index contributed by atoms with van der Waals surface area (Å²) >= 11 is 8.26. The van der Waals surface area contributed by atoms with Gasteiger partial charge in [0.25, 0.3) is 5.91 Å². The minimum Gasteiger partial charge on any atom is -0.493 e. The Morgan fingerprint density at radius 3 is 2.58 bits per heavy atom. The lowest BCUT2D eigenvalue weighted by Gasteiger charge is -2.15. The Morgan fingerprint density at radius 2 is 1.86 bits per heavy atom. The van der Waals surface area contributed by atoms with Gasteiger partial charge in [-0.25, -0.2) is 5.43 Å². The lowest BCUT2D eigenvalue weighted by molar-refractivity contribution is 0.0954. The van der Waals surface area contributed by atoms with Crippen LogP contribution < -0.4 is 24.4 Å². The summed E-state index contributed by atoms with van der Waals surface area (Å²) in [6, 6.07) is 16.2. The Labute approximate surface area is 229 Å². The zero-order chi connectivity index (χ0) is 25.9. The van der Waals surface area contributed by atoms with Crippen molar-refractivity contribution in [1.82, 2.24) is 5.43 Å². The summed E-state index contributed by atoms with van der Waals surface area (Å²) in [5.41, 5.74) is 4.65. The molecule has 36 heavy (non-hydrogen) atoms. The van der Waals surface area contributed by atoms with Gasteiger partial charge in [0.1, 0.15) is 6.61 Å². The molecule has 0 aliphatic heterocycles. The summed E-state index contributed by atoms with van der Waals surface area (Å²) in [5, 5.41) is 4.77. The number of hydrogen-bond donors (Lipinski definition) is 1. The molecule has 0 saturated carbocycles. The van der Waals surface area contributed by atoms with Crippen molar-refractivity contribution in [2.75, 3.05) is 20.3 Å². The van der Waals surface area contributed by atoms with E-state index in [9.17, 15) is 4.79 Å². The standard InChI is InChI=1S/C27H28ClIN2O5/c1-4-11-35-23-10-9-20(15-24(23)33-3)27(32)31-30-16-19-13-22(29)26(25(14-19)34-5-2)36-17-18-7-6-8-21(28)12-18/h6-10,12-16H,4-5,11,17H2,1-3H3,(H,31,32)/b30-16+. The van der Waals surface area contributed by atoms with Gasteiger partial charge in [0.15, 0.2) is 23.0 Å². The molecular formula is C27H28ClIN2O5. The van der Waals surface area contributed by atoms with Gasteiger partial charge in [-0.2, -0.15) is 5.10 Å². The molecule has 0 aliphatic carbocycles. The molecule has 0 bridgehead atoms. The van der Waals surface area contributed by atoms with Gasteiger partial charge in [0.2, 0.25) is 0 Å². The van der Waals surface area contributed by atoms with Crippen LogP contribution in [0.25, 0.3) is 0 Å². The molecule has 0 saturated heterocycles. The fourth-order valence-electron chi connectivity index (χ4n) is 3.22. The lowest BCUT2D eigenvalue weighted by atomic mass is 10.2. The smallest absolute Gasteiger partial charge is 0.271 e. The first-order chi connectivity index (χ1) is 17.4. The van der Waals surface area contributed by atoms with E-state index in [1.807, 2.05) is 50.2 Å². The predicted octanol–water partition coefficient (Wildman–Crippen LogP) is 6.48. The van der Waals surface area contributed by atoms with E-state index in [-0.39, 0.29) is 5.91 Å². The highest BCUT2D eigenvalue weighted by Gasteiger charge is 2.13. The van der Waals surface area contributed by atoms with Crippen LogP contribution in [0.4, 0.5) is 0 Å². The van der Waals surface area contributed by atoms with Gasteiger partial charge in [-0.1, -0.05) is 30.7 Å². The number of nitrogens with zero attached hydrogens (tertiary/aromatic N) is 1. The number of hydrazone groups is 1. The molecule has 3 rings (SSSR count). The average molecular weight is 623 g/mol. The van der Waals surface area contributed by atoms with E-state index in [1.54, 1.807) is 24.4 Å². The summed E-state index contributed by atoms with van der Waals surface area (Å²) in [5.74, 6) is 1.94. The number of hydrogen-bond acceptors (Lipinski definition) is 6. The molecule has 0 radical (unpaired) electrons. The molecule has 1 amide bonds. The maximum Gasteiger partial charge on any atom is 0.271 e. The highest BCUT2D eigenvalue weighted by Crippen LogP contribution is 2.34. The van der Waals surface area contributed by atoms with Crippen LogP contribution in [0, 0.1) is 3.57 Å². The molecule has 0 spiro atoms. The predicted molar refractivity (Wildman–Crippen MR) is 150 cm³/mol. The third-order valence-corrected chi connectivity index (χ3v) is 5.91. The van der Waals surface area contributed by atoms with Gasteiger partial charge in [0.05, 0.1) is 30.1 Å². The van der Waals surface area contributed by atoms with Crippen LogP contribution in [0.3, 0.4) is 0 Å². The normalized spacial score (nSPS) is 10.8. The summed E-state index contributed by atoms with van der Waals surface area (Å²) in [4.78, 5) is 12.6. The van der Waals surface area contributed by atoms with Crippen molar-refractivity contribution in [3.8, 4) is 23.0 Å². The second-order valence-electron chi connectivity index (χ2n) is 7.59. The number of methoxy groups -OCH3 is 1. The van der Waals surface area contributed by atoms with Crippen LogP contribution in [-0.2, 0) is 6.61 Å². The molecule has 190 valence electrons. The van der Waals surface area contributed by atoms with Gasteiger partial charge < -0.3 is 18.9 Å². The number of rotatable bonds is 12. The van der Waals surface area contributed by atoms with Gasteiger partial charge in [0, 0.05) is 10.6 Å². The average Bonchev–Trinajstić information content (AvgIpc) is 2.87. The number of halogens is 2. The fourth-order valence-corrected chi connectivity index (χ4v) is 4.21. The molecule has 1 N–H and O–H groups in total. The molecule has 0 fully saturated rings. The molecule has 9 heteroatoms. The topological polar surface area (TPSA) is 78.4 Å². The first-order valence-electron chi connectivity index (χ1n) is 11.4. The summed E-state index contributed by atoms with van der Waals surface area (Å²) in [7, 11) is 1.54. The highest BCUT2D eigenvalue weighted by atomic mass is 127. The summed E-state index contributed by atoms with van der Waals surface area (Å²) in [6.45, 7) is 5.32. The van der Waals surface area contributed by atoms with E-state index in [1.165, 1.54) is 7.11 Å². The largest absolute Gasteiger partial charge is 0.493 e. The van der Waals surface area contributed by atoms with Crippen molar-refractivity contribution in [3.05, 3.63) is 79.9 Å². The molecular weight excluding hydrogens is 595 g/mol. The zero-order valence-electron chi connectivity index (χ0n) is 20.3. The molecule has 0 atom stereocenters. The Morgan fingerprint density at radius 1 is 1.03 bits per heavy atom. The van der Waals surface area contributed by atoms with Crippen molar-refractivity contribution < 1.29 is 23.7 Å². The lowest BCUT2D eigenvalue weighted by Crippen LogP contribution is -2.17. The Kier molecular flexibility index (Phi) is 10.7. The molecule has 7 nitrogen and oxygen atoms in total. The minimum absolute atomic E-state index is 0.353. The van der Waals surface area contributed by atoms with E-state index in [0.29, 0.717) is 53.4 Å². The molecule has 0 unspecified atom stereocenters. The maximum absolute atomic E-state index is 12.6. The van der Waals surface area contributed by atoms with Crippen molar-refractivity contribution in [2.24, 2.45) is 5.10 Å². The third kappa shape index (κ3) is 7.76. The minimum atomic E-state index is -0.368. The van der Waals surface area contributed by atoms with E-state index in [0.717, 1.165) is 21.1 Å². The monoisotopic (exact) mass is 622 g/mol. The molecule has 0 heterocycles. The summed E-state index contributed by atoms with van der Waals surface area (Å²) < 4.78 is 23.7. The van der Waals surface area contributed by atoms with Crippen LogP contribution in [0.5, 0.6) is 23.0 Å². The number of amides is 1. The number of ether oxygens (including phenoxy) is 4. The molecule has 3 aromatic rings. The van der Waals surface area contributed by atoms with Gasteiger partial charge in [-0.3, -0.25) is 4.79 Å². The number of nitrogens with one attached hydrogen (secondary N) is 1. The van der Waals surface area contributed by atoms with Crippen molar-refractivity contribution in [3.63, 3.8) is 0 Å². The van der Waals surface area contributed by atoms with Gasteiger partial charge >= 0.3 is 0 Å². The van der Waals surface area contributed by atoms with Crippen LogP contribution in [-0.4, -0.2) is 32.4 Å². The van der Waals surface area contributed by atoms with Crippen molar-refractivity contribution >= 4 is 46.3 Å². The Hall–Kier alpha value is -2.98. The molecule has 0 aromatic heterocycles. The second-order valence-corrected chi connectivity index (χ2v) is 9.19. The van der Waals surface area contributed by atoms with Crippen molar-refractivity contribution in [1.29, 1.82) is 0 Å². The van der Waals surface area contributed by atoms with Crippen LogP contribution in [0.2, 0.25) is 5.02 Å². The molecule has 3 aromatic carbocycles. The van der Waals surface area contributed by atoms with Gasteiger partial charge in [-0.05, 0) is 89.5 Å². The highest BCUT2D eigenvalue weighted by molar-refractivity contribution is 14.1. The van der Waals surface area contributed by atoms with E-state index < -0.39 is 0 Å². The number of carbonyl (C=O) groups excluding carboxylic acids is 1. The number of benzene rings is 3. The van der Waals surface area contributed by atoms with E-state index >= 15 is 0 Å². The fraction of sp³-hybridized carbons (Fsp3) is 0.259. The van der Waals surface area contributed by atoms with Crippen LogP contribution in [0.15, 0.2) is 59.7 Å². The Bertz CT molecular complexity index is 1220. The van der Waals surface area contributed by atoms with E-state index in [2.05, 4.69) is 33.1 Å². The third-order valence-electron chi connectivity index (χ3n) is 4.87. The Balaban J connectivity index is 1.70. The van der Waals surface area contributed by atoms with Crippen LogP contribution in [0.1, 0.15) is 41.8 Å². The quantitative estimate of drug-likeness (QED) is 0.142. The van der Waals surface area contributed by atoms with Gasteiger partial charge in [-0.15, -0.1) is 0 Å². The first-order valence-corrected chi connectivity index (χ1v) is 12.9. The SMILES string of the molecule is CCCOc1ccc(C(=O)N/N=C/c2cc(I)c(OCc3cccc(Cl)c3)c(OCC)c2)cc1OC. The summed E-state index contributed by atoms with van der Waals surface area (Å²) in [6.07, 6.45) is 2.43.